The molecule has 15 heavy (non-hydrogen) atoms. The summed E-state index contributed by atoms with van der Waals surface area (Å²) in [6, 6.07) is 0. The van der Waals surface area contributed by atoms with E-state index in [1.54, 1.807) is 0 Å². The van der Waals surface area contributed by atoms with Gasteiger partial charge in [0.2, 0.25) is 0 Å². The summed E-state index contributed by atoms with van der Waals surface area (Å²) in [6.45, 7) is 1.77. The topological polar surface area (TPSA) is 52.0 Å². The Bertz CT molecular complexity index is 237. The van der Waals surface area contributed by atoms with Gasteiger partial charge < -0.3 is 11.5 Å². The second kappa shape index (κ2) is 3.46. The molecule has 4 rings (SSSR count). The van der Waals surface area contributed by atoms with E-state index in [-0.39, 0.29) is 0 Å². The highest BCUT2D eigenvalue weighted by atomic mass is 14.7. The molecule has 4 N–H and O–H groups in total. The minimum Gasteiger partial charge on any atom is -0.330 e. The molecule has 2 heteroatoms. The average molecular weight is 208 g/mol. The summed E-state index contributed by atoms with van der Waals surface area (Å²) in [5, 5.41) is 0. The third-order valence-electron chi connectivity index (χ3n) is 5.58. The van der Waals surface area contributed by atoms with Crippen molar-refractivity contribution >= 4 is 0 Å². The summed E-state index contributed by atoms with van der Waals surface area (Å²) in [5.41, 5.74) is 12.4. The fraction of sp³-hybridized carbons (Fsp3) is 1.00. The molecule has 0 radical (unpaired) electrons. The van der Waals surface area contributed by atoms with E-state index in [9.17, 15) is 0 Å². The second-order valence-corrected chi connectivity index (χ2v) is 6.35. The molecule has 0 spiro atoms. The predicted molar refractivity (Wildman–Crippen MR) is 62.2 cm³/mol. The molecule has 0 heterocycles. The van der Waals surface area contributed by atoms with Crippen molar-refractivity contribution in [2.45, 2.75) is 38.5 Å². The third kappa shape index (κ3) is 1.38. The molecular weight excluding hydrogens is 184 g/mol. The Morgan fingerprint density at radius 2 is 1.67 bits per heavy atom. The van der Waals surface area contributed by atoms with Crippen molar-refractivity contribution in [1.82, 2.24) is 0 Å². The maximum Gasteiger partial charge on any atom is -0.00409 e. The SMILES string of the molecule is NCCC12CC3CC(CC(C3)C1CN)C2. The van der Waals surface area contributed by atoms with Gasteiger partial charge in [0.05, 0.1) is 0 Å². The van der Waals surface area contributed by atoms with Crippen LogP contribution >= 0.6 is 0 Å². The molecule has 0 aromatic carbocycles. The molecule has 3 atom stereocenters. The summed E-state index contributed by atoms with van der Waals surface area (Å²) in [4.78, 5) is 0. The van der Waals surface area contributed by atoms with E-state index >= 15 is 0 Å². The fourth-order valence-corrected chi connectivity index (χ4v) is 5.43. The highest BCUT2D eigenvalue weighted by Gasteiger charge is 2.55. The van der Waals surface area contributed by atoms with E-state index in [1.807, 2.05) is 0 Å². The number of hydrogen-bond acceptors (Lipinski definition) is 2. The van der Waals surface area contributed by atoms with Crippen molar-refractivity contribution in [3.8, 4) is 0 Å². The van der Waals surface area contributed by atoms with Crippen LogP contribution in [-0.4, -0.2) is 13.1 Å². The van der Waals surface area contributed by atoms with Crippen LogP contribution in [0.2, 0.25) is 0 Å². The predicted octanol–water partition coefficient (Wildman–Crippen LogP) is 1.74. The van der Waals surface area contributed by atoms with Gasteiger partial charge in [0.15, 0.2) is 0 Å². The molecule has 2 nitrogen and oxygen atoms in total. The van der Waals surface area contributed by atoms with Gasteiger partial charge in [-0.1, -0.05) is 0 Å². The largest absolute Gasteiger partial charge is 0.330 e. The van der Waals surface area contributed by atoms with Gasteiger partial charge >= 0.3 is 0 Å². The lowest BCUT2D eigenvalue weighted by atomic mass is 9.44. The molecule has 86 valence electrons. The van der Waals surface area contributed by atoms with Crippen molar-refractivity contribution in [2.24, 2.45) is 40.6 Å². The third-order valence-corrected chi connectivity index (χ3v) is 5.58. The molecule has 4 aliphatic rings. The van der Waals surface area contributed by atoms with E-state index in [1.165, 1.54) is 38.5 Å². The Morgan fingerprint density at radius 1 is 1.00 bits per heavy atom. The van der Waals surface area contributed by atoms with Crippen LogP contribution in [-0.2, 0) is 0 Å². The van der Waals surface area contributed by atoms with Crippen LogP contribution in [0.4, 0.5) is 0 Å². The summed E-state index contributed by atoms with van der Waals surface area (Å²) in [5.74, 6) is 3.80. The van der Waals surface area contributed by atoms with Crippen molar-refractivity contribution in [1.29, 1.82) is 0 Å². The Labute approximate surface area is 92.8 Å². The lowest BCUT2D eigenvalue weighted by molar-refractivity contribution is -0.108. The van der Waals surface area contributed by atoms with E-state index in [4.69, 9.17) is 11.5 Å². The summed E-state index contributed by atoms with van der Waals surface area (Å²) >= 11 is 0. The zero-order valence-electron chi connectivity index (χ0n) is 9.62. The van der Waals surface area contributed by atoms with Crippen LogP contribution in [0.3, 0.4) is 0 Å². The first-order chi connectivity index (χ1) is 7.27. The normalized spacial score (nSPS) is 52.4. The summed E-state index contributed by atoms with van der Waals surface area (Å²) in [7, 11) is 0. The molecule has 0 aliphatic heterocycles. The fourth-order valence-electron chi connectivity index (χ4n) is 5.43. The lowest BCUT2D eigenvalue weighted by Crippen LogP contribution is -2.55. The summed E-state index contributed by atoms with van der Waals surface area (Å²) in [6.07, 6.45) is 8.59. The highest BCUT2D eigenvalue weighted by molar-refractivity contribution is 5.06. The first kappa shape index (κ1) is 10.1. The smallest absolute Gasteiger partial charge is 0.00409 e. The van der Waals surface area contributed by atoms with Crippen LogP contribution in [0, 0.1) is 29.1 Å². The molecule has 0 saturated heterocycles. The average Bonchev–Trinajstić information content (AvgIpc) is 2.16. The highest BCUT2D eigenvalue weighted by Crippen LogP contribution is 2.63. The minimum atomic E-state index is 0.568. The van der Waals surface area contributed by atoms with E-state index in [0.29, 0.717) is 5.41 Å². The van der Waals surface area contributed by atoms with Gasteiger partial charge in [0.25, 0.3) is 0 Å². The van der Waals surface area contributed by atoms with E-state index in [0.717, 1.165) is 36.8 Å². The second-order valence-electron chi connectivity index (χ2n) is 6.35. The first-order valence-corrected chi connectivity index (χ1v) is 6.67. The monoisotopic (exact) mass is 208 g/mol. The molecule has 4 bridgehead atoms. The Morgan fingerprint density at radius 3 is 2.20 bits per heavy atom. The van der Waals surface area contributed by atoms with Gasteiger partial charge in [0, 0.05) is 0 Å². The number of hydrogen-bond donors (Lipinski definition) is 2. The maximum atomic E-state index is 6.03. The van der Waals surface area contributed by atoms with Gasteiger partial charge in [-0.2, -0.15) is 0 Å². The molecule has 0 aromatic rings. The van der Waals surface area contributed by atoms with Crippen LogP contribution in [0.25, 0.3) is 0 Å². The van der Waals surface area contributed by atoms with Crippen molar-refractivity contribution in [3.05, 3.63) is 0 Å². The number of rotatable bonds is 3. The molecule has 4 fully saturated rings. The lowest BCUT2D eigenvalue weighted by Gasteiger charge is -2.61. The van der Waals surface area contributed by atoms with Crippen molar-refractivity contribution in [2.75, 3.05) is 13.1 Å². The van der Waals surface area contributed by atoms with Gasteiger partial charge in [-0.15, -0.1) is 0 Å². The molecule has 0 amide bonds. The Hall–Kier alpha value is -0.0800. The van der Waals surface area contributed by atoms with Crippen molar-refractivity contribution in [3.63, 3.8) is 0 Å². The van der Waals surface area contributed by atoms with Gasteiger partial charge in [-0.25, -0.2) is 0 Å². The molecule has 3 unspecified atom stereocenters. The first-order valence-electron chi connectivity index (χ1n) is 6.67. The van der Waals surface area contributed by atoms with Crippen LogP contribution in [0.5, 0.6) is 0 Å². The molecule has 4 aliphatic carbocycles. The van der Waals surface area contributed by atoms with Gasteiger partial charge in [-0.05, 0) is 80.7 Å². The van der Waals surface area contributed by atoms with Gasteiger partial charge in [0.1, 0.15) is 0 Å². The Kier molecular flexibility index (Phi) is 2.33. The van der Waals surface area contributed by atoms with Gasteiger partial charge in [-0.3, -0.25) is 0 Å². The molecule has 0 aromatic heterocycles. The minimum absolute atomic E-state index is 0.568. The molecule has 4 saturated carbocycles. The molecular formula is C13H24N2. The van der Waals surface area contributed by atoms with E-state index in [2.05, 4.69) is 0 Å². The maximum absolute atomic E-state index is 6.03. The zero-order valence-corrected chi connectivity index (χ0v) is 9.62. The summed E-state index contributed by atoms with van der Waals surface area (Å²) < 4.78 is 0. The number of nitrogens with two attached hydrogens (primary N) is 2. The van der Waals surface area contributed by atoms with Crippen molar-refractivity contribution < 1.29 is 0 Å². The van der Waals surface area contributed by atoms with Crippen LogP contribution in [0.1, 0.15) is 38.5 Å². The van der Waals surface area contributed by atoms with Crippen LogP contribution < -0.4 is 11.5 Å². The zero-order chi connectivity index (χ0) is 10.5. The van der Waals surface area contributed by atoms with E-state index < -0.39 is 0 Å². The Balaban J connectivity index is 1.89. The van der Waals surface area contributed by atoms with Crippen LogP contribution in [0.15, 0.2) is 0 Å². The standard InChI is InChI=1S/C13H24N2/c14-2-1-13-6-9-3-10(7-13)5-11(4-9)12(13)8-15/h9-12H,1-8,14-15H2. The quantitative estimate of drug-likeness (QED) is 0.742.